The van der Waals surface area contributed by atoms with Gasteiger partial charge in [0.15, 0.2) is 0 Å². The van der Waals surface area contributed by atoms with Crippen molar-refractivity contribution in [3.63, 3.8) is 0 Å². The molecule has 0 radical (unpaired) electrons. The smallest absolute Gasteiger partial charge is 0.238 e. The van der Waals surface area contributed by atoms with E-state index in [0.717, 1.165) is 31.4 Å². The first-order valence-electron chi connectivity index (χ1n) is 7.28. The van der Waals surface area contributed by atoms with Crippen LogP contribution in [0.3, 0.4) is 0 Å². The summed E-state index contributed by atoms with van der Waals surface area (Å²) in [5, 5.41) is 3.00. The first-order chi connectivity index (χ1) is 9.48. The third-order valence-electron chi connectivity index (χ3n) is 3.58. The van der Waals surface area contributed by atoms with Gasteiger partial charge in [-0.25, -0.2) is 13.1 Å². The van der Waals surface area contributed by atoms with Crippen molar-refractivity contribution in [2.24, 2.45) is 0 Å². The Morgan fingerprint density at radius 1 is 1.30 bits per heavy atom. The van der Waals surface area contributed by atoms with Gasteiger partial charge in [-0.3, -0.25) is 4.79 Å². The molecule has 0 unspecified atom stereocenters. The van der Waals surface area contributed by atoms with Crippen molar-refractivity contribution in [3.05, 3.63) is 0 Å². The molecule has 1 aliphatic rings. The predicted molar refractivity (Wildman–Crippen MR) is 84.4 cm³/mol. The minimum absolute atomic E-state index is 0.000519. The number of sulfonamides is 1. The van der Waals surface area contributed by atoms with Crippen LogP contribution in [0.5, 0.6) is 0 Å². The number of hydrogen-bond acceptors (Lipinski definition) is 4. The lowest BCUT2D eigenvalue weighted by Crippen LogP contribution is -2.50. The van der Waals surface area contributed by atoms with Gasteiger partial charge in [-0.1, -0.05) is 19.3 Å². The predicted octanol–water partition coefficient (Wildman–Crippen LogP) is 1.50. The van der Waals surface area contributed by atoms with Gasteiger partial charge in [0.2, 0.25) is 15.9 Å². The molecule has 0 aromatic rings. The van der Waals surface area contributed by atoms with Crippen LogP contribution in [0.2, 0.25) is 0 Å². The zero-order chi connectivity index (χ0) is 15.0. The summed E-state index contributed by atoms with van der Waals surface area (Å²) in [5.74, 6) is 0.581. The van der Waals surface area contributed by atoms with Gasteiger partial charge in [0.1, 0.15) is 6.04 Å². The molecule has 0 aliphatic heterocycles. The van der Waals surface area contributed by atoms with E-state index < -0.39 is 16.1 Å². The quantitative estimate of drug-likeness (QED) is 0.710. The van der Waals surface area contributed by atoms with E-state index in [1.165, 1.54) is 6.42 Å². The van der Waals surface area contributed by atoms with E-state index in [2.05, 4.69) is 10.0 Å². The Labute approximate surface area is 126 Å². The summed E-state index contributed by atoms with van der Waals surface area (Å²) in [6.07, 6.45) is 7.99. The molecule has 118 valence electrons. The van der Waals surface area contributed by atoms with Crippen molar-refractivity contribution < 1.29 is 13.2 Å². The number of amides is 1. The van der Waals surface area contributed by atoms with Gasteiger partial charge in [-0.05, 0) is 38.2 Å². The highest BCUT2D eigenvalue weighted by Gasteiger charge is 2.25. The molecule has 1 atom stereocenters. The Balaban J connectivity index is 2.58. The molecule has 5 nitrogen and oxygen atoms in total. The van der Waals surface area contributed by atoms with Crippen molar-refractivity contribution in [1.29, 1.82) is 0 Å². The van der Waals surface area contributed by atoms with E-state index in [0.29, 0.717) is 6.42 Å². The first kappa shape index (κ1) is 17.8. The zero-order valence-corrected chi connectivity index (χ0v) is 14.0. The number of carbonyl (C=O) groups excluding carboxylic acids is 1. The van der Waals surface area contributed by atoms with E-state index >= 15 is 0 Å². The van der Waals surface area contributed by atoms with Gasteiger partial charge in [0.05, 0.1) is 5.75 Å². The molecule has 1 rings (SSSR count). The Hall–Kier alpha value is -0.270. The normalized spacial score (nSPS) is 18.7. The van der Waals surface area contributed by atoms with E-state index in [-0.39, 0.29) is 17.7 Å². The monoisotopic (exact) mass is 322 g/mol. The number of hydrogen-bond donors (Lipinski definition) is 2. The second-order valence-corrected chi connectivity index (χ2v) is 8.23. The van der Waals surface area contributed by atoms with E-state index in [4.69, 9.17) is 0 Å². The number of thioether (sulfide) groups is 1. The van der Waals surface area contributed by atoms with Crippen molar-refractivity contribution in [2.45, 2.75) is 57.5 Å². The van der Waals surface area contributed by atoms with Gasteiger partial charge >= 0.3 is 0 Å². The first-order valence-corrected chi connectivity index (χ1v) is 10.3. The van der Waals surface area contributed by atoms with Crippen LogP contribution < -0.4 is 10.0 Å². The topological polar surface area (TPSA) is 75.3 Å². The highest BCUT2D eigenvalue weighted by atomic mass is 32.2. The fourth-order valence-corrected chi connectivity index (χ4v) is 3.62. The van der Waals surface area contributed by atoms with Crippen LogP contribution in [0.1, 0.15) is 45.4 Å². The fourth-order valence-electron chi connectivity index (χ4n) is 2.33. The van der Waals surface area contributed by atoms with Crippen molar-refractivity contribution in [1.82, 2.24) is 10.0 Å². The van der Waals surface area contributed by atoms with Crippen LogP contribution in [0, 0.1) is 0 Å². The Morgan fingerprint density at radius 3 is 2.50 bits per heavy atom. The molecule has 0 bridgehead atoms. The van der Waals surface area contributed by atoms with Crippen molar-refractivity contribution in [2.75, 3.05) is 17.8 Å². The summed E-state index contributed by atoms with van der Waals surface area (Å²) in [4.78, 5) is 12.3. The van der Waals surface area contributed by atoms with Crippen molar-refractivity contribution in [3.8, 4) is 0 Å². The molecule has 1 aliphatic carbocycles. The van der Waals surface area contributed by atoms with Crippen LogP contribution in [0.25, 0.3) is 0 Å². The van der Waals surface area contributed by atoms with Crippen LogP contribution in [-0.2, 0) is 14.8 Å². The molecule has 0 heterocycles. The molecule has 20 heavy (non-hydrogen) atoms. The molecule has 0 aromatic carbocycles. The lowest BCUT2D eigenvalue weighted by atomic mass is 9.95. The van der Waals surface area contributed by atoms with E-state index in [1.807, 2.05) is 6.26 Å². The summed E-state index contributed by atoms with van der Waals surface area (Å²) in [6, 6.07) is -0.437. The largest absolute Gasteiger partial charge is 0.352 e. The molecule has 1 fully saturated rings. The summed E-state index contributed by atoms with van der Waals surface area (Å²) in [5.41, 5.74) is 0. The molecular weight excluding hydrogens is 296 g/mol. The fraction of sp³-hybridized carbons (Fsp3) is 0.923. The maximum Gasteiger partial charge on any atom is 0.238 e. The number of rotatable bonds is 8. The van der Waals surface area contributed by atoms with Crippen molar-refractivity contribution >= 4 is 27.7 Å². The SMILES string of the molecule is CCS(=O)(=O)N[C@H](CCSC)C(=O)NC1CCCCC1. The number of carbonyl (C=O) groups is 1. The van der Waals surface area contributed by atoms with Gasteiger partial charge < -0.3 is 5.32 Å². The maximum absolute atomic E-state index is 12.3. The van der Waals surface area contributed by atoms with E-state index in [9.17, 15) is 13.2 Å². The van der Waals surface area contributed by atoms with Crippen LogP contribution >= 0.6 is 11.8 Å². The second-order valence-electron chi connectivity index (χ2n) is 5.20. The van der Waals surface area contributed by atoms with Gasteiger partial charge in [-0.15, -0.1) is 0 Å². The molecule has 0 aromatic heterocycles. The molecular formula is C13H26N2O3S2. The van der Waals surface area contributed by atoms with E-state index in [1.54, 1.807) is 18.7 Å². The molecule has 2 N–H and O–H groups in total. The zero-order valence-electron chi connectivity index (χ0n) is 12.4. The Kier molecular flexibility index (Phi) is 7.91. The average molecular weight is 322 g/mol. The third-order valence-corrected chi connectivity index (χ3v) is 5.63. The summed E-state index contributed by atoms with van der Waals surface area (Å²) < 4.78 is 25.9. The Morgan fingerprint density at radius 2 is 1.95 bits per heavy atom. The molecule has 1 amide bonds. The van der Waals surface area contributed by atoms with Gasteiger partial charge in [0.25, 0.3) is 0 Å². The van der Waals surface area contributed by atoms with Gasteiger partial charge in [-0.2, -0.15) is 11.8 Å². The third kappa shape index (κ3) is 6.45. The molecule has 7 heteroatoms. The van der Waals surface area contributed by atoms with Crippen LogP contribution in [0.4, 0.5) is 0 Å². The lowest BCUT2D eigenvalue weighted by molar-refractivity contribution is -0.123. The standard InChI is InChI=1S/C13H26N2O3S2/c1-3-20(17,18)15-12(9-10-19-2)13(16)14-11-7-5-4-6-8-11/h11-12,15H,3-10H2,1-2H3,(H,14,16)/t12-/m1/s1. The lowest BCUT2D eigenvalue weighted by Gasteiger charge is -2.25. The Bertz CT molecular complexity index is 392. The second kappa shape index (κ2) is 8.89. The highest BCUT2D eigenvalue weighted by Crippen LogP contribution is 2.17. The molecule has 0 spiro atoms. The highest BCUT2D eigenvalue weighted by molar-refractivity contribution is 7.98. The minimum Gasteiger partial charge on any atom is -0.352 e. The van der Waals surface area contributed by atoms with Gasteiger partial charge in [0, 0.05) is 6.04 Å². The summed E-state index contributed by atoms with van der Waals surface area (Å²) in [6.45, 7) is 1.58. The summed E-state index contributed by atoms with van der Waals surface area (Å²) >= 11 is 1.61. The van der Waals surface area contributed by atoms with Crippen LogP contribution in [-0.4, -0.2) is 44.2 Å². The minimum atomic E-state index is -3.36. The summed E-state index contributed by atoms with van der Waals surface area (Å²) in [7, 11) is -3.36. The molecule has 1 saturated carbocycles. The molecule has 0 saturated heterocycles. The van der Waals surface area contributed by atoms with Crippen LogP contribution in [0.15, 0.2) is 0 Å². The number of nitrogens with one attached hydrogen (secondary N) is 2. The maximum atomic E-state index is 12.3. The average Bonchev–Trinajstić information content (AvgIpc) is 2.44.